The molecule has 5 heteroatoms. The van der Waals surface area contributed by atoms with Gasteiger partial charge >= 0.3 is 0 Å². The van der Waals surface area contributed by atoms with Crippen molar-refractivity contribution >= 4 is 0 Å². The summed E-state index contributed by atoms with van der Waals surface area (Å²) in [6.07, 6.45) is 1.80. The molecule has 1 aromatic rings. The van der Waals surface area contributed by atoms with Crippen molar-refractivity contribution in [2.75, 3.05) is 6.54 Å². The first-order valence-electron chi connectivity index (χ1n) is 3.83. The number of tetrazole rings is 1. The Hall–Kier alpha value is -0.970. The highest BCUT2D eigenvalue weighted by Gasteiger charge is 2.01. The van der Waals surface area contributed by atoms with Crippen LogP contribution < -0.4 is 5.73 Å². The molecular formula is C6H13N5. The molecule has 0 aromatic carbocycles. The van der Waals surface area contributed by atoms with Crippen LogP contribution in [0.4, 0.5) is 0 Å². The van der Waals surface area contributed by atoms with Crippen LogP contribution in [-0.2, 0) is 13.0 Å². The van der Waals surface area contributed by atoms with Gasteiger partial charge in [0, 0.05) is 13.0 Å². The van der Waals surface area contributed by atoms with Gasteiger partial charge in [-0.2, -0.15) is 0 Å². The molecule has 0 unspecified atom stereocenters. The first kappa shape index (κ1) is 8.13. The van der Waals surface area contributed by atoms with Gasteiger partial charge in [-0.1, -0.05) is 6.92 Å². The molecule has 0 aliphatic carbocycles. The van der Waals surface area contributed by atoms with E-state index >= 15 is 0 Å². The third-order valence-corrected chi connectivity index (χ3v) is 1.41. The maximum atomic E-state index is 5.38. The molecule has 0 aliphatic heterocycles. The fourth-order valence-electron chi connectivity index (χ4n) is 0.917. The lowest BCUT2D eigenvalue weighted by Crippen LogP contribution is -2.10. The van der Waals surface area contributed by atoms with E-state index in [1.54, 1.807) is 4.68 Å². The number of aryl methyl sites for hydroxylation is 1. The van der Waals surface area contributed by atoms with Gasteiger partial charge in [-0.25, -0.2) is 4.68 Å². The SMILES string of the molecule is CCCn1nnnc1CCN. The molecule has 1 rings (SSSR count). The van der Waals surface area contributed by atoms with E-state index in [1.165, 1.54) is 0 Å². The van der Waals surface area contributed by atoms with Crippen molar-refractivity contribution in [3.8, 4) is 0 Å². The van der Waals surface area contributed by atoms with Gasteiger partial charge in [-0.05, 0) is 23.4 Å². The number of nitrogens with zero attached hydrogens (tertiary/aromatic N) is 4. The Kier molecular flexibility index (Phi) is 2.97. The largest absolute Gasteiger partial charge is 0.330 e. The zero-order valence-electron chi connectivity index (χ0n) is 6.69. The summed E-state index contributed by atoms with van der Waals surface area (Å²) in [6, 6.07) is 0. The van der Waals surface area contributed by atoms with Crippen molar-refractivity contribution in [3.05, 3.63) is 5.82 Å². The molecule has 0 aliphatic rings. The summed E-state index contributed by atoms with van der Waals surface area (Å²) in [7, 11) is 0. The monoisotopic (exact) mass is 155 g/mol. The van der Waals surface area contributed by atoms with E-state index in [2.05, 4.69) is 22.4 Å². The van der Waals surface area contributed by atoms with Gasteiger partial charge in [0.05, 0.1) is 0 Å². The predicted molar refractivity (Wildman–Crippen MR) is 40.9 cm³/mol. The molecule has 0 fully saturated rings. The molecule has 1 aromatic heterocycles. The molecule has 0 radical (unpaired) electrons. The van der Waals surface area contributed by atoms with Crippen LogP contribution in [0.15, 0.2) is 0 Å². The lowest BCUT2D eigenvalue weighted by molar-refractivity contribution is 0.554. The molecule has 0 spiro atoms. The number of nitrogens with two attached hydrogens (primary N) is 1. The fraction of sp³-hybridized carbons (Fsp3) is 0.833. The van der Waals surface area contributed by atoms with Crippen LogP contribution in [0.1, 0.15) is 19.2 Å². The predicted octanol–water partition coefficient (Wildman–Crippen LogP) is -0.416. The minimum atomic E-state index is 0.601. The lowest BCUT2D eigenvalue weighted by atomic mass is 10.4. The molecule has 0 saturated heterocycles. The van der Waals surface area contributed by atoms with Crippen LogP contribution in [0, 0.1) is 0 Å². The standard InChI is InChI=1S/C6H13N5/c1-2-5-11-6(3-4-7)8-9-10-11/h2-5,7H2,1H3. The normalized spacial score (nSPS) is 10.4. The minimum absolute atomic E-state index is 0.601. The van der Waals surface area contributed by atoms with Crippen molar-refractivity contribution in [1.29, 1.82) is 0 Å². The average Bonchev–Trinajstić information content (AvgIpc) is 2.39. The van der Waals surface area contributed by atoms with Gasteiger partial charge < -0.3 is 5.73 Å². The lowest BCUT2D eigenvalue weighted by Gasteiger charge is -1.99. The van der Waals surface area contributed by atoms with Crippen LogP contribution in [0.25, 0.3) is 0 Å². The van der Waals surface area contributed by atoms with E-state index in [4.69, 9.17) is 5.73 Å². The summed E-state index contributed by atoms with van der Waals surface area (Å²) in [6.45, 7) is 3.57. The van der Waals surface area contributed by atoms with Gasteiger partial charge in [-0.15, -0.1) is 5.10 Å². The van der Waals surface area contributed by atoms with Crippen LogP contribution in [0.5, 0.6) is 0 Å². The van der Waals surface area contributed by atoms with Gasteiger partial charge in [0.25, 0.3) is 0 Å². The highest BCUT2D eigenvalue weighted by atomic mass is 15.5. The van der Waals surface area contributed by atoms with Gasteiger partial charge in [0.15, 0.2) is 5.82 Å². The molecule has 0 atom stereocenters. The Morgan fingerprint density at radius 2 is 2.36 bits per heavy atom. The molecule has 0 bridgehead atoms. The Labute approximate surface area is 65.6 Å². The molecule has 62 valence electrons. The smallest absolute Gasteiger partial charge is 0.152 e. The number of rotatable bonds is 4. The minimum Gasteiger partial charge on any atom is -0.330 e. The van der Waals surface area contributed by atoms with Crippen molar-refractivity contribution in [3.63, 3.8) is 0 Å². The second-order valence-electron chi connectivity index (χ2n) is 2.36. The summed E-state index contributed by atoms with van der Waals surface area (Å²) in [5.41, 5.74) is 5.38. The van der Waals surface area contributed by atoms with Gasteiger partial charge in [-0.3, -0.25) is 0 Å². The maximum absolute atomic E-state index is 5.38. The van der Waals surface area contributed by atoms with Crippen LogP contribution in [0.3, 0.4) is 0 Å². The molecule has 0 amide bonds. The Bertz CT molecular complexity index is 186. The van der Waals surface area contributed by atoms with Crippen LogP contribution >= 0.6 is 0 Å². The van der Waals surface area contributed by atoms with Crippen molar-refractivity contribution in [1.82, 2.24) is 20.2 Å². The first-order valence-corrected chi connectivity index (χ1v) is 3.83. The van der Waals surface area contributed by atoms with Crippen molar-refractivity contribution < 1.29 is 0 Å². The summed E-state index contributed by atoms with van der Waals surface area (Å²) < 4.78 is 1.80. The van der Waals surface area contributed by atoms with E-state index < -0.39 is 0 Å². The molecule has 11 heavy (non-hydrogen) atoms. The summed E-state index contributed by atoms with van der Waals surface area (Å²) in [4.78, 5) is 0. The van der Waals surface area contributed by atoms with E-state index in [9.17, 15) is 0 Å². The summed E-state index contributed by atoms with van der Waals surface area (Å²) >= 11 is 0. The fourth-order valence-corrected chi connectivity index (χ4v) is 0.917. The van der Waals surface area contributed by atoms with Crippen LogP contribution in [0.2, 0.25) is 0 Å². The van der Waals surface area contributed by atoms with E-state index in [0.717, 1.165) is 25.2 Å². The highest BCUT2D eigenvalue weighted by molar-refractivity contribution is 4.80. The summed E-state index contributed by atoms with van der Waals surface area (Å²) in [5, 5.41) is 11.2. The second kappa shape index (κ2) is 4.02. The van der Waals surface area contributed by atoms with E-state index in [1.807, 2.05) is 0 Å². The van der Waals surface area contributed by atoms with Crippen LogP contribution in [-0.4, -0.2) is 26.8 Å². The molecule has 2 N–H and O–H groups in total. The topological polar surface area (TPSA) is 69.6 Å². The first-order chi connectivity index (χ1) is 5.38. The second-order valence-corrected chi connectivity index (χ2v) is 2.36. The average molecular weight is 155 g/mol. The number of hydrogen-bond acceptors (Lipinski definition) is 4. The molecule has 5 nitrogen and oxygen atoms in total. The Morgan fingerprint density at radius 1 is 1.55 bits per heavy atom. The third kappa shape index (κ3) is 1.98. The molecular weight excluding hydrogens is 142 g/mol. The summed E-state index contributed by atoms with van der Waals surface area (Å²) in [5.74, 6) is 0.884. The third-order valence-electron chi connectivity index (χ3n) is 1.41. The Balaban J connectivity index is 2.62. The van der Waals surface area contributed by atoms with Crippen molar-refractivity contribution in [2.45, 2.75) is 26.3 Å². The molecule has 1 heterocycles. The van der Waals surface area contributed by atoms with E-state index in [-0.39, 0.29) is 0 Å². The highest BCUT2D eigenvalue weighted by Crippen LogP contribution is 1.93. The molecule has 0 saturated carbocycles. The Morgan fingerprint density at radius 3 is 3.00 bits per heavy atom. The number of hydrogen-bond donors (Lipinski definition) is 1. The maximum Gasteiger partial charge on any atom is 0.152 e. The zero-order valence-corrected chi connectivity index (χ0v) is 6.69. The quantitative estimate of drug-likeness (QED) is 0.641. The van der Waals surface area contributed by atoms with E-state index in [0.29, 0.717) is 6.54 Å². The van der Waals surface area contributed by atoms with Crippen molar-refractivity contribution in [2.24, 2.45) is 5.73 Å². The van der Waals surface area contributed by atoms with Gasteiger partial charge in [0.2, 0.25) is 0 Å². The zero-order chi connectivity index (χ0) is 8.10. The number of aromatic nitrogens is 4. The van der Waals surface area contributed by atoms with Gasteiger partial charge in [0.1, 0.15) is 0 Å².